The Labute approximate surface area is 164 Å². The Balaban J connectivity index is 1.54. The number of carbonyl (C=O) groups is 1. The zero-order valence-corrected chi connectivity index (χ0v) is 16.7. The normalized spacial score (nSPS) is 13.7. The molecule has 1 aromatic heterocycles. The molecule has 0 bridgehead atoms. The molecule has 1 aliphatic carbocycles. The van der Waals surface area contributed by atoms with Crippen LogP contribution in [0, 0.1) is 20.8 Å². The first-order valence-electron chi connectivity index (χ1n) is 9.29. The lowest BCUT2D eigenvalue weighted by atomic mass is 9.99. The molecule has 3 aromatic rings. The second-order valence-corrected chi connectivity index (χ2v) is 8.18. The summed E-state index contributed by atoms with van der Waals surface area (Å²) < 4.78 is 1.94. The van der Waals surface area contributed by atoms with Crippen molar-refractivity contribution >= 4 is 17.5 Å². The molecule has 0 unspecified atom stereocenters. The lowest BCUT2D eigenvalue weighted by molar-refractivity contribution is 0.102. The van der Waals surface area contributed by atoms with Crippen molar-refractivity contribution in [3.63, 3.8) is 0 Å². The van der Waals surface area contributed by atoms with Crippen LogP contribution in [0.15, 0.2) is 47.6 Å². The van der Waals surface area contributed by atoms with Gasteiger partial charge in [-0.25, -0.2) is 9.67 Å². The van der Waals surface area contributed by atoms with Gasteiger partial charge in [-0.2, -0.15) is 0 Å². The molecular formula is C22H23N3OS. The number of aromatic nitrogens is 3. The minimum absolute atomic E-state index is 0.129. The Bertz CT molecular complexity index is 990. The van der Waals surface area contributed by atoms with Gasteiger partial charge in [-0.05, 0) is 68.5 Å². The topological polar surface area (TPSA) is 47.8 Å². The summed E-state index contributed by atoms with van der Waals surface area (Å²) in [6, 6.07) is 14.2. The molecule has 0 atom stereocenters. The van der Waals surface area contributed by atoms with E-state index in [4.69, 9.17) is 4.98 Å². The average Bonchev–Trinajstić information content (AvgIpc) is 3.43. The quantitative estimate of drug-likeness (QED) is 0.446. The van der Waals surface area contributed by atoms with Crippen LogP contribution < -0.4 is 0 Å². The Morgan fingerprint density at radius 2 is 1.78 bits per heavy atom. The highest BCUT2D eigenvalue weighted by Crippen LogP contribution is 2.40. The molecule has 0 amide bonds. The molecule has 1 saturated carbocycles. The van der Waals surface area contributed by atoms with Gasteiger partial charge in [0.25, 0.3) is 0 Å². The predicted molar refractivity (Wildman–Crippen MR) is 109 cm³/mol. The molecule has 4 rings (SSSR count). The highest BCUT2D eigenvalue weighted by molar-refractivity contribution is 7.99. The summed E-state index contributed by atoms with van der Waals surface area (Å²) in [6.45, 7) is 6.12. The smallest absolute Gasteiger partial charge is 0.209 e. The van der Waals surface area contributed by atoms with Crippen LogP contribution in [0.1, 0.15) is 51.6 Å². The SMILES string of the molecule is Cc1cc(C)c(C(=O)CSc2nc(C3CC3)n(-c3ccccc3)n2)cc1C. The first-order chi connectivity index (χ1) is 13.0. The third kappa shape index (κ3) is 3.83. The maximum absolute atomic E-state index is 12.7. The van der Waals surface area contributed by atoms with Gasteiger partial charge in [-0.3, -0.25) is 4.79 Å². The highest BCUT2D eigenvalue weighted by Gasteiger charge is 2.30. The minimum atomic E-state index is 0.129. The second-order valence-electron chi connectivity index (χ2n) is 7.24. The van der Waals surface area contributed by atoms with E-state index in [9.17, 15) is 4.79 Å². The van der Waals surface area contributed by atoms with Crippen molar-refractivity contribution in [1.82, 2.24) is 14.8 Å². The van der Waals surface area contributed by atoms with Gasteiger partial charge in [0.05, 0.1) is 11.4 Å². The van der Waals surface area contributed by atoms with Gasteiger partial charge in [-0.1, -0.05) is 36.0 Å². The molecule has 0 N–H and O–H groups in total. The van der Waals surface area contributed by atoms with E-state index < -0.39 is 0 Å². The van der Waals surface area contributed by atoms with Crippen LogP contribution >= 0.6 is 11.8 Å². The van der Waals surface area contributed by atoms with Crippen molar-refractivity contribution in [2.75, 3.05) is 5.75 Å². The third-order valence-electron chi connectivity index (χ3n) is 5.03. The maximum atomic E-state index is 12.7. The Morgan fingerprint density at radius 1 is 1.07 bits per heavy atom. The largest absolute Gasteiger partial charge is 0.293 e. The lowest BCUT2D eigenvalue weighted by Crippen LogP contribution is -2.06. The molecule has 0 saturated heterocycles. The van der Waals surface area contributed by atoms with E-state index in [-0.39, 0.29) is 5.78 Å². The predicted octanol–water partition coefficient (Wildman–Crippen LogP) is 5.04. The fraction of sp³-hybridized carbons (Fsp3) is 0.318. The number of para-hydroxylation sites is 1. The highest BCUT2D eigenvalue weighted by atomic mass is 32.2. The zero-order chi connectivity index (χ0) is 19.0. The van der Waals surface area contributed by atoms with E-state index in [1.165, 1.54) is 17.3 Å². The molecule has 0 spiro atoms. The summed E-state index contributed by atoms with van der Waals surface area (Å²) in [5, 5.41) is 5.35. The van der Waals surface area contributed by atoms with E-state index in [0.717, 1.165) is 41.0 Å². The number of carbonyl (C=O) groups excluding carboxylic acids is 1. The van der Waals surface area contributed by atoms with Crippen molar-refractivity contribution in [1.29, 1.82) is 0 Å². The summed E-state index contributed by atoms with van der Waals surface area (Å²) >= 11 is 1.42. The fourth-order valence-corrected chi connectivity index (χ4v) is 3.91. The second kappa shape index (κ2) is 7.31. The van der Waals surface area contributed by atoms with Crippen molar-refractivity contribution in [2.24, 2.45) is 0 Å². The maximum Gasteiger partial charge on any atom is 0.209 e. The van der Waals surface area contributed by atoms with Gasteiger partial charge >= 0.3 is 0 Å². The van der Waals surface area contributed by atoms with Crippen LogP contribution in [-0.2, 0) is 0 Å². The van der Waals surface area contributed by atoms with Gasteiger partial charge in [0.2, 0.25) is 5.16 Å². The molecule has 1 fully saturated rings. The van der Waals surface area contributed by atoms with Crippen molar-refractivity contribution in [3.05, 3.63) is 70.5 Å². The standard InChI is InChI=1S/C22H23N3OS/c1-14-11-16(3)19(12-15(14)2)20(26)13-27-22-23-21(17-9-10-17)25(24-22)18-7-5-4-6-8-18/h4-8,11-12,17H,9-10,13H2,1-3H3. The molecule has 4 nitrogen and oxygen atoms in total. The molecule has 1 heterocycles. The number of hydrogen-bond donors (Lipinski definition) is 0. The number of benzene rings is 2. The molecule has 1 aliphatic rings. The molecule has 2 aromatic carbocycles. The number of rotatable bonds is 6. The van der Waals surface area contributed by atoms with Crippen LogP contribution in [0.3, 0.4) is 0 Å². The molecule has 138 valence electrons. The van der Waals surface area contributed by atoms with Crippen LogP contribution in [0.25, 0.3) is 5.69 Å². The van der Waals surface area contributed by atoms with Gasteiger partial charge < -0.3 is 0 Å². The summed E-state index contributed by atoms with van der Waals surface area (Å²) in [5.41, 5.74) is 5.22. The van der Waals surface area contributed by atoms with Gasteiger partial charge in [0.1, 0.15) is 5.82 Å². The summed E-state index contributed by atoms with van der Waals surface area (Å²) in [7, 11) is 0. The van der Waals surface area contributed by atoms with Crippen molar-refractivity contribution < 1.29 is 4.79 Å². The average molecular weight is 378 g/mol. The number of thioether (sulfide) groups is 1. The summed E-state index contributed by atoms with van der Waals surface area (Å²) in [5.74, 6) is 1.99. The molecule has 27 heavy (non-hydrogen) atoms. The zero-order valence-electron chi connectivity index (χ0n) is 15.9. The summed E-state index contributed by atoms with van der Waals surface area (Å²) in [6.07, 6.45) is 2.33. The van der Waals surface area contributed by atoms with Crippen LogP contribution in [0.5, 0.6) is 0 Å². The fourth-order valence-electron chi connectivity index (χ4n) is 3.20. The van der Waals surface area contributed by atoms with Gasteiger partial charge in [0.15, 0.2) is 5.78 Å². The Hall–Kier alpha value is -2.40. The molecular weight excluding hydrogens is 354 g/mol. The van der Waals surface area contributed by atoms with E-state index in [0.29, 0.717) is 16.8 Å². The third-order valence-corrected chi connectivity index (χ3v) is 5.87. The minimum Gasteiger partial charge on any atom is -0.293 e. The Morgan fingerprint density at radius 3 is 2.48 bits per heavy atom. The van der Waals surface area contributed by atoms with E-state index in [1.54, 1.807) is 0 Å². The van der Waals surface area contributed by atoms with E-state index in [2.05, 4.69) is 18.1 Å². The lowest BCUT2D eigenvalue weighted by Gasteiger charge is -2.08. The van der Waals surface area contributed by atoms with Crippen LogP contribution in [0.4, 0.5) is 0 Å². The number of nitrogens with zero attached hydrogens (tertiary/aromatic N) is 3. The van der Waals surface area contributed by atoms with Gasteiger partial charge in [-0.15, -0.1) is 5.10 Å². The number of ketones is 1. The monoisotopic (exact) mass is 377 g/mol. The first-order valence-corrected chi connectivity index (χ1v) is 10.3. The molecule has 0 aliphatic heterocycles. The Kier molecular flexibility index (Phi) is 4.87. The van der Waals surface area contributed by atoms with Crippen LogP contribution in [-0.4, -0.2) is 26.3 Å². The molecule has 0 radical (unpaired) electrons. The number of aryl methyl sites for hydroxylation is 3. The molecule has 5 heteroatoms. The summed E-state index contributed by atoms with van der Waals surface area (Å²) in [4.78, 5) is 17.5. The van der Waals surface area contributed by atoms with E-state index >= 15 is 0 Å². The van der Waals surface area contributed by atoms with Crippen molar-refractivity contribution in [2.45, 2.75) is 44.7 Å². The van der Waals surface area contributed by atoms with Crippen LogP contribution in [0.2, 0.25) is 0 Å². The van der Waals surface area contributed by atoms with Gasteiger partial charge in [0, 0.05) is 11.5 Å². The number of hydrogen-bond acceptors (Lipinski definition) is 4. The van der Waals surface area contributed by atoms with E-state index in [1.807, 2.05) is 54.9 Å². The number of Topliss-reactive ketones (excluding diaryl/α,β-unsaturated/α-hetero) is 1. The first kappa shape index (κ1) is 18.0. The van der Waals surface area contributed by atoms with Crippen molar-refractivity contribution in [3.8, 4) is 5.69 Å².